The molecule has 2 rings (SSSR count). The van der Waals surface area contributed by atoms with E-state index in [1.807, 2.05) is 45.0 Å². The molecule has 1 aliphatic rings. The molecule has 1 aromatic carbocycles. The summed E-state index contributed by atoms with van der Waals surface area (Å²) < 4.78 is 5.41. The van der Waals surface area contributed by atoms with Crippen molar-refractivity contribution in [3.05, 3.63) is 24.3 Å². The summed E-state index contributed by atoms with van der Waals surface area (Å²) in [5.41, 5.74) is 1.52. The summed E-state index contributed by atoms with van der Waals surface area (Å²) in [7, 11) is 0. The second-order valence-corrected chi connectivity index (χ2v) is 7.07. The number of carbonyl (C=O) groups is 2. The van der Waals surface area contributed by atoms with Crippen LogP contribution in [-0.4, -0.2) is 60.4 Å². The zero-order valence-corrected chi connectivity index (χ0v) is 15.1. The zero-order chi connectivity index (χ0) is 18.4. The van der Waals surface area contributed by atoms with Crippen LogP contribution in [0.3, 0.4) is 0 Å². The number of rotatable bonds is 5. The second-order valence-electron chi connectivity index (χ2n) is 7.07. The van der Waals surface area contributed by atoms with Crippen molar-refractivity contribution in [1.29, 1.82) is 0 Å². The fraction of sp³-hybridized carbons (Fsp3) is 0.556. The number of nitrogens with zero attached hydrogens (tertiary/aromatic N) is 2. The Bertz CT molecular complexity index is 587. The number of benzene rings is 1. The molecule has 7 heteroatoms. The van der Waals surface area contributed by atoms with Crippen molar-refractivity contribution in [1.82, 2.24) is 4.90 Å². The molecule has 1 heterocycles. The van der Waals surface area contributed by atoms with Gasteiger partial charge in [0.05, 0.1) is 6.42 Å². The Labute approximate surface area is 148 Å². The van der Waals surface area contributed by atoms with E-state index in [2.05, 4.69) is 10.2 Å². The molecule has 0 aliphatic carbocycles. The molecule has 0 spiro atoms. The lowest BCUT2D eigenvalue weighted by Crippen LogP contribution is -2.50. The van der Waals surface area contributed by atoms with Crippen molar-refractivity contribution in [3.8, 4) is 0 Å². The van der Waals surface area contributed by atoms with Crippen molar-refractivity contribution in [2.75, 3.05) is 42.9 Å². The summed E-state index contributed by atoms with van der Waals surface area (Å²) in [6, 6.07) is 7.90. The first-order valence-electron chi connectivity index (χ1n) is 8.53. The maximum Gasteiger partial charge on any atom is 0.410 e. The van der Waals surface area contributed by atoms with Crippen molar-refractivity contribution >= 4 is 23.4 Å². The molecule has 7 nitrogen and oxygen atoms in total. The normalized spacial score (nSPS) is 15.0. The monoisotopic (exact) mass is 349 g/mol. The minimum atomic E-state index is -0.813. The Kier molecular flexibility index (Phi) is 6.12. The predicted octanol–water partition coefficient (Wildman–Crippen LogP) is 2.63. The Morgan fingerprint density at radius 1 is 1.12 bits per heavy atom. The van der Waals surface area contributed by atoms with Gasteiger partial charge in [0, 0.05) is 44.1 Å². The predicted molar refractivity (Wildman–Crippen MR) is 97.2 cm³/mol. The van der Waals surface area contributed by atoms with Crippen LogP contribution in [0.1, 0.15) is 27.2 Å². The molecule has 1 fully saturated rings. The lowest BCUT2D eigenvalue weighted by Gasteiger charge is -2.36. The maximum absolute atomic E-state index is 12.1. The Balaban J connectivity index is 1.82. The van der Waals surface area contributed by atoms with Crippen LogP contribution in [0.15, 0.2) is 24.3 Å². The van der Waals surface area contributed by atoms with E-state index in [0.29, 0.717) is 19.6 Å². The Morgan fingerprint density at radius 3 is 2.24 bits per heavy atom. The summed E-state index contributed by atoms with van der Waals surface area (Å²) >= 11 is 0. The molecule has 25 heavy (non-hydrogen) atoms. The first-order valence-corrected chi connectivity index (χ1v) is 8.53. The second kappa shape index (κ2) is 8.09. The van der Waals surface area contributed by atoms with Gasteiger partial charge in [0.2, 0.25) is 0 Å². The van der Waals surface area contributed by atoms with Crippen LogP contribution in [0.5, 0.6) is 0 Å². The van der Waals surface area contributed by atoms with E-state index in [4.69, 9.17) is 9.84 Å². The molecule has 1 aromatic rings. The zero-order valence-electron chi connectivity index (χ0n) is 15.1. The summed E-state index contributed by atoms with van der Waals surface area (Å²) in [6.07, 6.45) is -0.167. The molecule has 138 valence electrons. The van der Waals surface area contributed by atoms with Crippen LogP contribution in [-0.2, 0) is 9.53 Å². The standard InChI is InChI=1S/C18H27N3O4/c1-18(2,3)25-17(24)21-12-10-20(11-13-21)15-6-4-14(5-7-15)19-9-8-16(22)23/h4-7,19H,8-13H2,1-3H3,(H,22,23). The molecule has 1 saturated heterocycles. The first kappa shape index (κ1) is 18.9. The number of nitrogens with one attached hydrogen (secondary N) is 1. The van der Waals surface area contributed by atoms with Crippen LogP contribution in [0, 0.1) is 0 Å². The lowest BCUT2D eigenvalue weighted by atomic mass is 10.2. The topological polar surface area (TPSA) is 82.1 Å². The van der Waals surface area contributed by atoms with E-state index in [-0.39, 0.29) is 12.5 Å². The van der Waals surface area contributed by atoms with Crippen LogP contribution in [0.2, 0.25) is 0 Å². The van der Waals surface area contributed by atoms with Gasteiger partial charge in [0.1, 0.15) is 5.60 Å². The molecule has 2 N–H and O–H groups in total. The van der Waals surface area contributed by atoms with E-state index in [1.165, 1.54) is 0 Å². The van der Waals surface area contributed by atoms with E-state index < -0.39 is 11.6 Å². The summed E-state index contributed by atoms with van der Waals surface area (Å²) in [5.74, 6) is -0.813. The van der Waals surface area contributed by atoms with Gasteiger partial charge < -0.3 is 25.0 Å². The van der Waals surface area contributed by atoms with Gasteiger partial charge >= 0.3 is 12.1 Å². The summed E-state index contributed by atoms with van der Waals surface area (Å²) in [4.78, 5) is 26.6. The van der Waals surface area contributed by atoms with Crippen molar-refractivity contribution < 1.29 is 19.4 Å². The quantitative estimate of drug-likeness (QED) is 0.850. The van der Waals surface area contributed by atoms with Crippen molar-refractivity contribution in [2.45, 2.75) is 32.8 Å². The minimum absolute atomic E-state index is 0.0916. The molecule has 0 unspecified atom stereocenters. The summed E-state index contributed by atoms with van der Waals surface area (Å²) in [6.45, 7) is 8.79. The summed E-state index contributed by atoms with van der Waals surface area (Å²) in [5, 5.41) is 11.7. The molecule has 0 atom stereocenters. The van der Waals surface area contributed by atoms with Gasteiger partial charge in [-0.15, -0.1) is 0 Å². The third-order valence-corrected chi connectivity index (χ3v) is 3.83. The number of carboxylic acid groups (broad SMARTS) is 1. The number of aliphatic carboxylic acids is 1. The number of carboxylic acids is 1. The van der Waals surface area contributed by atoms with Gasteiger partial charge in [-0.05, 0) is 45.0 Å². The molecule has 0 saturated carbocycles. The number of ether oxygens (including phenoxy) is 1. The molecule has 1 amide bonds. The number of carbonyl (C=O) groups excluding carboxylic acids is 1. The van der Waals surface area contributed by atoms with Gasteiger partial charge in [0.15, 0.2) is 0 Å². The van der Waals surface area contributed by atoms with Gasteiger partial charge in [-0.3, -0.25) is 4.79 Å². The maximum atomic E-state index is 12.1. The molecule has 0 aromatic heterocycles. The first-order chi connectivity index (χ1) is 11.7. The molecular weight excluding hydrogens is 322 g/mol. The van der Waals surface area contributed by atoms with Gasteiger partial charge in [-0.1, -0.05) is 0 Å². The molecular formula is C18H27N3O4. The van der Waals surface area contributed by atoms with Crippen LogP contribution < -0.4 is 10.2 Å². The van der Waals surface area contributed by atoms with Crippen LogP contribution in [0.25, 0.3) is 0 Å². The third kappa shape index (κ3) is 6.17. The highest BCUT2D eigenvalue weighted by molar-refractivity contribution is 5.69. The Morgan fingerprint density at radius 2 is 1.72 bits per heavy atom. The largest absolute Gasteiger partial charge is 0.481 e. The minimum Gasteiger partial charge on any atom is -0.481 e. The van der Waals surface area contributed by atoms with Gasteiger partial charge in [0.25, 0.3) is 0 Å². The number of piperazine rings is 1. The fourth-order valence-electron chi connectivity index (χ4n) is 2.58. The number of hydrogen-bond acceptors (Lipinski definition) is 5. The van der Waals surface area contributed by atoms with Crippen molar-refractivity contribution in [2.24, 2.45) is 0 Å². The van der Waals surface area contributed by atoms with Crippen LogP contribution >= 0.6 is 0 Å². The molecule has 1 aliphatic heterocycles. The van der Waals surface area contributed by atoms with Gasteiger partial charge in [-0.25, -0.2) is 4.79 Å². The SMILES string of the molecule is CC(C)(C)OC(=O)N1CCN(c2ccc(NCCC(=O)O)cc2)CC1. The highest BCUT2D eigenvalue weighted by atomic mass is 16.6. The molecule has 0 bridgehead atoms. The Hall–Kier alpha value is -2.44. The fourth-order valence-corrected chi connectivity index (χ4v) is 2.58. The number of hydrogen-bond donors (Lipinski definition) is 2. The van der Waals surface area contributed by atoms with Crippen LogP contribution in [0.4, 0.5) is 16.2 Å². The average molecular weight is 349 g/mol. The molecule has 0 radical (unpaired) electrons. The smallest absolute Gasteiger partial charge is 0.410 e. The third-order valence-electron chi connectivity index (χ3n) is 3.83. The number of anilines is 2. The van der Waals surface area contributed by atoms with Gasteiger partial charge in [-0.2, -0.15) is 0 Å². The van der Waals surface area contributed by atoms with E-state index in [0.717, 1.165) is 24.5 Å². The van der Waals surface area contributed by atoms with E-state index >= 15 is 0 Å². The van der Waals surface area contributed by atoms with Crippen molar-refractivity contribution in [3.63, 3.8) is 0 Å². The highest BCUT2D eigenvalue weighted by Crippen LogP contribution is 2.20. The van der Waals surface area contributed by atoms with E-state index in [9.17, 15) is 9.59 Å². The van der Waals surface area contributed by atoms with E-state index in [1.54, 1.807) is 4.90 Å². The number of amides is 1. The average Bonchev–Trinajstić information content (AvgIpc) is 2.54. The lowest BCUT2D eigenvalue weighted by molar-refractivity contribution is -0.136. The highest BCUT2D eigenvalue weighted by Gasteiger charge is 2.25.